The van der Waals surface area contributed by atoms with Crippen molar-refractivity contribution in [2.75, 3.05) is 13.1 Å². The molecule has 25 heavy (non-hydrogen) atoms. The average molecular weight is 353 g/mol. The number of amides is 1. The van der Waals surface area contributed by atoms with Gasteiger partial charge in [-0.1, -0.05) is 30.5 Å². The summed E-state index contributed by atoms with van der Waals surface area (Å²) in [6.45, 7) is 5.94. The molecule has 0 bridgehead atoms. The maximum Gasteiger partial charge on any atom is 0.271 e. The molecule has 1 fully saturated rings. The number of rotatable bonds is 2. The summed E-state index contributed by atoms with van der Waals surface area (Å²) >= 11 is 1.54. The first-order chi connectivity index (χ1) is 12.1. The Morgan fingerprint density at radius 1 is 1.12 bits per heavy atom. The maximum atomic E-state index is 13.0. The van der Waals surface area contributed by atoms with Crippen LogP contribution in [0.2, 0.25) is 0 Å². The van der Waals surface area contributed by atoms with Crippen LogP contribution < -0.4 is 0 Å². The summed E-state index contributed by atoms with van der Waals surface area (Å²) in [6, 6.07) is 6.41. The standard InChI is InChI=1S/C20H23N3OS/c1-14-7-8-15(2)16(11-14)17-12-23-18(13-25-20(23)21-17)19(24)22-9-5-3-4-6-10-22/h7-8,11-13H,3-6,9-10H2,1-2H3. The van der Waals surface area contributed by atoms with Crippen molar-refractivity contribution in [3.05, 3.63) is 46.6 Å². The van der Waals surface area contributed by atoms with E-state index in [9.17, 15) is 4.79 Å². The van der Waals surface area contributed by atoms with Crippen LogP contribution >= 0.6 is 11.3 Å². The molecule has 1 amide bonds. The largest absolute Gasteiger partial charge is 0.337 e. The second-order valence-electron chi connectivity index (χ2n) is 6.92. The molecule has 130 valence electrons. The molecule has 1 aliphatic heterocycles. The van der Waals surface area contributed by atoms with Crippen LogP contribution in [0.25, 0.3) is 16.2 Å². The van der Waals surface area contributed by atoms with Crippen LogP contribution in [-0.4, -0.2) is 33.3 Å². The van der Waals surface area contributed by atoms with Gasteiger partial charge in [0.15, 0.2) is 4.96 Å². The van der Waals surface area contributed by atoms with Gasteiger partial charge in [0, 0.05) is 30.2 Å². The summed E-state index contributed by atoms with van der Waals surface area (Å²) in [7, 11) is 0. The van der Waals surface area contributed by atoms with Crippen LogP contribution in [0.1, 0.15) is 47.3 Å². The van der Waals surface area contributed by atoms with Gasteiger partial charge in [0.2, 0.25) is 0 Å². The molecule has 0 unspecified atom stereocenters. The fourth-order valence-electron chi connectivity index (χ4n) is 3.52. The summed E-state index contributed by atoms with van der Waals surface area (Å²) in [5, 5.41) is 1.95. The van der Waals surface area contributed by atoms with Gasteiger partial charge in [-0.3, -0.25) is 9.20 Å². The zero-order chi connectivity index (χ0) is 17.4. The molecule has 4 nitrogen and oxygen atoms in total. The number of carbonyl (C=O) groups excluding carboxylic acids is 1. The Balaban J connectivity index is 1.71. The van der Waals surface area contributed by atoms with E-state index in [0.29, 0.717) is 0 Å². The molecule has 0 N–H and O–H groups in total. The van der Waals surface area contributed by atoms with E-state index in [1.807, 2.05) is 20.9 Å². The topological polar surface area (TPSA) is 37.6 Å². The van der Waals surface area contributed by atoms with Gasteiger partial charge < -0.3 is 4.90 Å². The molecular weight excluding hydrogens is 330 g/mol. The van der Waals surface area contributed by atoms with Crippen LogP contribution in [-0.2, 0) is 0 Å². The van der Waals surface area contributed by atoms with E-state index in [4.69, 9.17) is 4.98 Å². The summed E-state index contributed by atoms with van der Waals surface area (Å²) in [5.74, 6) is 0.137. The lowest BCUT2D eigenvalue weighted by Crippen LogP contribution is -2.32. The number of imidazole rings is 1. The van der Waals surface area contributed by atoms with Crippen LogP contribution in [0.5, 0.6) is 0 Å². The maximum absolute atomic E-state index is 13.0. The molecule has 1 aromatic carbocycles. The Morgan fingerprint density at radius 3 is 2.64 bits per heavy atom. The molecule has 5 heteroatoms. The molecule has 4 rings (SSSR count). The minimum atomic E-state index is 0.137. The molecule has 1 aliphatic rings. The number of fused-ring (bicyclic) bond motifs is 1. The molecule has 0 aliphatic carbocycles. The van der Waals surface area contributed by atoms with E-state index in [1.54, 1.807) is 11.3 Å². The third-order valence-corrected chi connectivity index (χ3v) is 5.83. The number of benzene rings is 1. The summed E-state index contributed by atoms with van der Waals surface area (Å²) in [6.07, 6.45) is 6.68. The number of nitrogens with zero attached hydrogens (tertiary/aromatic N) is 3. The van der Waals surface area contributed by atoms with Crippen molar-refractivity contribution >= 4 is 22.2 Å². The van der Waals surface area contributed by atoms with E-state index in [1.165, 1.54) is 24.0 Å². The lowest BCUT2D eigenvalue weighted by molar-refractivity contribution is 0.0755. The Bertz CT molecular complexity index is 916. The summed E-state index contributed by atoms with van der Waals surface area (Å²) in [5.41, 5.74) is 5.25. The lowest BCUT2D eigenvalue weighted by Gasteiger charge is -2.19. The Hall–Kier alpha value is -2.14. The minimum absolute atomic E-state index is 0.137. The van der Waals surface area contributed by atoms with Crippen LogP contribution in [0.4, 0.5) is 0 Å². The molecule has 0 spiro atoms. The number of aromatic nitrogens is 2. The van der Waals surface area contributed by atoms with Crippen molar-refractivity contribution in [1.29, 1.82) is 0 Å². The first-order valence-electron chi connectivity index (χ1n) is 8.97. The zero-order valence-electron chi connectivity index (χ0n) is 14.8. The molecule has 3 aromatic rings. The number of carbonyl (C=O) groups is 1. The number of hydrogen-bond acceptors (Lipinski definition) is 3. The van der Waals surface area contributed by atoms with Crippen molar-refractivity contribution in [1.82, 2.24) is 14.3 Å². The number of aryl methyl sites for hydroxylation is 2. The van der Waals surface area contributed by atoms with E-state index in [-0.39, 0.29) is 5.91 Å². The van der Waals surface area contributed by atoms with Gasteiger partial charge >= 0.3 is 0 Å². The molecule has 0 saturated carbocycles. The molecule has 1 saturated heterocycles. The van der Waals surface area contributed by atoms with Crippen LogP contribution in [0.3, 0.4) is 0 Å². The third kappa shape index (κ3) is 3.09. The minimum Gasteiger partial charge on any atom is -0.337 e. The third-order valence-electron chi connectivity index (χ3n) is 4.99. The van der Waals surface area contributed by atoms with Gasteiger partial charge in [-0.05, 0) is 38.3 Å². The van der Waals surface area contributed by atoms with E-state index in [0.717, 1.165) is 47.8 Å². The predicted molar refractivity (Wildman–Crippen MR) is 102 cm³/mol. The van der Waals surface area contributed by atoms with Gasteiger partial charge in [0.25, 0.3) is 5.91 Å². The van der Waals surface area contributed by atoms with Gasteiger partial charge in [0.05, 0.1) is 5.69 Å². The predicted octanol–water partition coefficient (Wildman–Crippen LogP) is 4.70. The van der Waals surface area contributed by atoms with Gasteiger partial charge in [-0.25, -0.2) is 4.98 Å². The second-order valence-corrected chi connectivity index (χ2v) is 7.76. The van der Waals surface area contributed by atoms with Crippen molar-refractivity contribution < 1.29 is 4.79 Å². The number of likely N-dealkylation sites (tertiary alicyclic amines) is 1. The summed E-state index contributed by atoms with van der Waals surface area (Å²) in [4.78, 5) is 20.6. The van der Waals surface area contributed by atoms with Gasteiger partial charge in [-0.15, -0.1) is 11.3 Å². The fourth-order valence-corrected chi connectivity index (χ4v) is 4.36. The van der Waals surface area contributed by atoms with Crippen molar-refractivity contribution in [2.24, 2.45) is 0 Å². The second kappa shape index (κ2) is 6.64. The Morgan fingerprint density at radius 2 is 1.88 bits per heavy atom. The SMILES string of the molecule is Cc1ccc(C)c(-c2cn3c(C(=O)N4CCCCCC4)csc3n2)c1. The number of hydrogen-bond donors (Lipinski definition) is 0. The van der Waals surface area contributed by atoms with E-state index < -0.39 is 0 Å². The summed E-state index contributed by atoms with van der Waals surface area (Å²) < 4.78 is 1.97. The van der Waals surface area contributed by atoms with Gasteiger partial charge in [-0.2, -0.15) is 0 Å². The van der Waals surface area contributed by atoms with E-state index >= 15 is 0 Å². The highest BCUT2D eigenvalue weighted by Gasteiger charge is 2.22. The van der Waals surface area contributed by atoms with E-state index in [2.05, 4.69) is 32.0 Å². The molecule has 3 heterocycles. The highest BCUT2D eigenvalue weighted by Crippen LogP contribution is 2.27. The average Bonchev–Trinajstić information content (AvgIpc) is 3.06. The van der Waals surface area contributed by atoms with Crippen LogP contribution in [0.15, 0.2) is 29.8 Å². The molecule has 0 radical (unpaired) electrons. The molecule has 0 atom stereocenters. The Labute approximate surface area is 152 Å². The highest BCUT2D eigenvalue weighted by atomic mass is 32.1. The lowest BCUT2D eigenvalue weighted by atomic mass is 10.0. The van der Waals surface area contributed by atoms with Crippen molar-refractivity contribution in [3.8, 4) is 11.3 Å². The first-order valence-corrected chi connectivity index (χ1v) is 9.85. The van der Waals surface area contributed by atoms with Crippen molar-refractivity contribution in [3.63, 3.8) is 0 Å². The molecule has 2 aromatic heterocycles. The number of thiazole rings is 1. The Kier molecular flexibility index (Phi) is 4.34. The fraction of sp³-hybridized carbons (Fsp3) is 0.400. The zero-order valence-corrected chi connectivity index (χ0v) is 15.6. The first kappa shape index (κ1) is 16.3. The molecular formula is C20H23N3OS. The smallest absolute Gasteiger partial charge is 0.271 e. The van der Waals surface area contributed by atoms with Gasteiger partial charge in [0.1, 0.15) is 5.69 Å². The quantitative estimate of drug-likeness (QED) is 0.670. The highest BCUT2D eigenvalue weighted by molar-refractivity contribution is 7.15. The monoisotopic (exact) mass is 353 g/mol. The van der Waals surface area contributed by atoms with Crippen molar-refractivity contribution in [2.45, 2.75) is 39.5 Å². The van der Waals surface area contributed by atoms with Crippen LogP contribution in [0, 0.1) is 13.8 Å². The normalized spacial score (nSPS) is 15.5.